The standard InChI is InChI=1S/C5H5ClN2O/c6-4-3(9)1-2-8-5(4)7/h1-2H,(H3,7,8,9). The van der Waals surface area contributed by atoms with Crippen LogP contribution < -0.4 is 11.2 Å². The van der Waals surface area contributed by atoms with E-state index in [4.69, 9.17) is 17.3 Å². The number of rotatable bonds is 0. The van der Waals surface area contributed by atoms with E-state index in [1.165, 1.54) is 12.3 Å². The van der Waals surface area contributed by atoms with Crippen molar-refractivity contribution in [3.05, 3.63) is 27.5 Å². The van der Waals surface area contributed by atoms with Crippen molar-refractivity contribution in [2.24, 2.45) is 0 Å². The SMILES string of the molecule is Nc1[nH]ccc(=O)c1Cl. The molecule has 0 aliphatic rings. The van der Waals surface area contributed by atoms with Crippen LogP contribution in [-0.4, -0.2) is 4.98 Å². The van der Waals surface area contributed by atoms with E-state index in [1.54, 1.807) is 0 Å². The van der Waals surface area contributed by atoms with Crippen molar-refractivity contribution in [3.63, 3.8) is 0 Å². The zero-order valence-corrected chi connectivity index (χ0v) is 5.27. The Kier molecular flexibility index (Phi) is 1.44. The molecule has 0 unspecified atom stereocenters. The Morgan fingerprint density at radius 1 is 1.67 bits per heavy atom. The molecule has 0 saturated heterocycles. The Balaban J connectivity index is 3.43. The maximum absolute atomic E-state index is 10.6. The van der Waals surface area contributed by atoms with Gasteiger partial charge in [-0.15, -0.1) is 0 Å². The van der Waals surface area contributed by atoms with Gasteiger partial charge in [-0.3, -0.25) is 4.79 Å². The van der Waals surface area contributed by atoms with E-state index in [0.29, 0.717) is 0 Å². The van der Waals surface area contributed by atoms with Crippen molar-refractivity contribution in [2.75, 3.05) is 5.73 Å². The van der Waals surface area contributed by atoms with Crippen molar-refractivity contribution >= 4 is 17.4 Å². The van der Waals surface area contributed by atoms with E-state index in [9.17, 15) is 4.79 Å². The fourth-order valence-corrected chi connectivity index (χ4v) is 0.594. The molecule has 48 valence electrons. The van der Waals surface area contributed by atoms with E-state index in [1.807, 2.05) is 0 Å². The molecule has 1 heterocycles. The molecule has 0 atom stereocenters. The lowest BCUT2D eigenvalue weighted by Crippen LogP contribution is -2.03. The summed E-state index contributed by atoms with van der Waals surface area (Å²) in [4.78, 5) is 13.2. The number of hydrogen-bond acceptors (Lipinski definition) is 2. The number of hydrogen-bond donors (Lipinski definition) is 2. The van der Waals surface area contributed by atoms with Crippen LogP contribution in [0.2, 0.25) is 5.02 Å². The number of pyridine rings is 1. The number of H-pyrrole nitrogens is 1. The first kappa shape index (κ1) is 6.16. The molecule has 1 aromatic rings. The molecule has 3 N–H and O–H groups in total. The van der Waals surface area contributed by atoms with Crippen LogP contribution in [0.3, 0.4) is 0 Å². The lowest BCUT2D eigenvalue weighted by Gasteiger charge is -1.91. The van der Waals surface area contributed by atoms with Gasteiger partial charge in [-0.05, 0) is 0 Å². The average molecular weight is 145 g/mol. The average Bonchev–Trinajstić information content (AvgIpc) is 1.83. The van der Waals surface area contributed by atoms with Crippen LogP contribution in [0.15, 0.2) is 17.1 Å². The first-order chi connectivity index (χ1) is 4.22. The van der Waals surface area contributed by atoms with E-state index < -0.39 is 0 Å². The van der Waals surface area contributed by atoms with Gasteiger partial charge in [0, 0.05) is 12.3 Å². The molecule has 3 nitrogen and oxygen atoms in total. The highest BCUT2D eigenvalue weighted by Crippen LogP contribution is 2.06. The van der Waals surface area contributed by atoms with Crippen LogP contribution in [0, 0.1) is 0 Å². The topological polar surface area (TPSA) is 58.9 Å². The lowest BCUT2D eigenvalue weighted by molar-refractivity contribution is 1.31. The van der Waals surface area contributed by atoms with Crippen molar-refractivity contribution in [2.45, 2.75) is 0 Å². The maximum Gasteiger partial charge on any atom is 0.202 e. The quantitative estimate of drug-likeness (QED) is 0.561. The van der Waals surface area contributed by atoms with Crippen LogP contribution in [-0.2, 0) is 0 Å². The largest absolute Gasteiger partial charge is 0.384 e. The molecule has 1 rings (SSSR count). The zero-order chi connectivity index (χ0) is 6.85. The highest BCUT2D eigenvalue weighted by atomic mass is 35.5. The minimum absolute atomic E-state index is 0.0532. The van der Waals surface area contributed by atoms with E-state index in [2.05, 4.69) is 4.98 Å². The van der Waals surface area contributed by atoms with E-state index in [-0.39, 0.29) is 16.3 Å². The molecule has 0 amide bonds. The third kappa shape index (κ3) is 1.05. The van der Waals surface area contributed by atoms with Crippen molar-refractivity contribution in [1.82, 2.24) is 4.98 Å². The summed E-state index contributed by atoms with van der Waals surface area (Å²) in [7, 11) is 0. The molecule has 0 radical (unpaired) electrons. The van der Waals surface area contributed by atoms with Crippen molar-refractivity contribution in [1.29, 1.82) is 0 Å². The summed E-state index contributed by atoms with van der Waals surface area (Å²) in [6, 6.07) is 1.32. The second-order valence-electron chi connectivity index (χ2n) is 1.57. The fraction of sp³-hybridized carbons (Fsp3) is 0. The minimum Gasteiger partial charge on any atom is -0.384 e. The molecule has 0 spiro atoms. The molecular weight excluding hydrogens is 140 g/mol. The summed E-state index contributed by atoms with van der Waals surface area (Å²) in [5.74, 6) is 0.212. The Bertz CT molecular complexity index is 268. The van der Waals surface area contributed by atoms with Gasteiger partial charge in [0.25, 0.3) is 0 Å². The van der Waals surface area contributed by atoms with E-state index in [0.717, 1.165) is 0 Å². The fourth-order valence-electron chi connectivity index (χ4n) is 0.476. The molecule has 1 aromatic heterocycles. The van der Waals surface area contributed by atoms with Crippen molar-refractivity contribution in [3.8, 4) is 0 Å². The Morgan fingerprint density at radius 2 is 2.33 bits per heavy atom. The summed E-state index contributed by atoms with van der Waals surface area (Å²) in [5, 5.41) is 0.0532. The summed E-state index contributed by atoms with van der Waals surface area (Å²) in [5.41, 5.74) is 4.98. The first-order valence-electron chi connectivity index (χ1n) is 2.34. The molecule has 0 aliphatic heterocycles. The van der Waals surface area contributed by atoms with Crippen LogP contribution in [0.5, 0.6) is 0 Å². The third-order valence-electron chi connectivity index (χ3n) is 0.926. The van der Waals surface area contributed by atoms with Gasteiger partial charge in [0.05, 0.1) is 0 Å². The zero-order valence-electron chi connectivity index (χ0n) is 4.52. The number of aromatic nitrogens is 1. The van der Waals surface area contributed by atoms with Crippen LogP contribution >= 0.6 is 11.6 Å². The van der Waals surface area contributed by atoms with E-state index >= 15 is 0 Å². The predicted octanol–water partition coefficient (Wildman–Crippen LogP) is 0.611. The summed E-state index contributed by atoms with van der Waals surface area (Å²) in [6.07, 6.45) is 1.45. The minimum atomic E-state index is -0.257. The van der Waals surface area contributed by atoms with Gasteiger partial charge in [0.2, 0.25) is 5.43 Å². The molecule has 4 heteroatoms. The van der Waals surface area contributed by atoms with Gasteiger partial charge < -0.3 is 10.7 Å². The molecule has 0 bridgehead atoms. The number of halogens is 1. The summed E-state index contributed by atoms with van der Waals surface area (Å²) >= 11 is 5.41. The maximum atomic E-state index is 10.6. The van der Waals surface area contributed by atoms with Gasteiger partial charge in [-0.2, -0.15) is 0 Å². The predicted molar refractivity (Wildman–Crippen MR) is 36.5 cm³/mol. The van der Waals surface area contributed by atoms with Gasteiger partial charge in [-0.25, -0.2) is 0 Å². The monoisotopic (exact) mass is 144 g/mol. The molecule has 0 aliphatic carbocycles. The molecule has 0 aromatic carbocycles. The van der Waals surface area contributed by atoms with Crippen LogP contribution in [0.4, 0.5) is 5.82 Å². The molecule has 9 heavy (non-hydrogen) atoms. The van der Waals surface area contributed by atoms with Gasteiger partial charge in [0.1, 0.15) is 10.8 Å². The summed E-state index contributed by atoms with van der Waals surface area (Å²) < 4.78 is 0. The number of nitrogen functional groups attached to an aromatic ring is 1. The smallest absolute Gasteiger partial charge is 0.202 e. The number of nitrogens with two attached hydrogens (primary N) is 1. The lowest BCUT2D eigenvalue weighted by atomic mass is 10.4. The normalized spacial score (nSPS) is 9.44. The van der Waals surface area contributed by atoms with Gasteiger partial charge in [-0.1, -0.05) is 11.6 Å². The Hall–Kier alpha value is -0.960. The van der Waals surface area contributed by atoms with Crippen LogP contribution in [0.25, 0.3) is 0 Å². The first-order valence-corrected chi connectivity index (χ1v) is 2.72. The Labute approximate surface area is 56.5 Å². The summed E-state index contributed by atoms with van der Waals surface area (Å²) in [6.45, 7) is 0. The third-order valence-corrected chi connectivity index (χ3v) is 1.32. The van der Waals surface area contributed by atoms with Crippen molar-refractivity contribution < 1.29 is 0 Å². The molecular formula is C5H5ClN2O. The molecule has 0 fully saturated rings. The number of nitrogens with one attached hydrogen (secondary N) is 1. The second-order valence-corrected chi connectivity index (χ2v) is 1.95. The second kappa shape index (κ2) is 2.11. The number of aromatic amines is 1. The number of anilines is 1. The highest BCUT2D eigenvalue weighted by molar-refractivity contribution is 6.32. The molecule has 0 saturated carbocycles. The van der Waals surface area contributed by atoms with Gasteiger partial charge in [0.15, 0.2) is 0 Å². The Morgan fingerprint density at radius 3 is 2.78 bits per heavy atom. The van der Waals surface area contributed by atoms with Gasteiger partial charge >= 0.3 is 0 Å². The van der Waals surface area contributed by atoms with Crippen LogP contribution in [0.1, 0.15) is 0 Å². The highest BCUT2D eigenvalue weighted by Gasteiger charge is 1.96.